The maximum atomic E-state index is 13.3. The molecule has 1 saturated heterocycles. The topological polar surface area (TPSA) is 92.2 Å². The van der Waals surface area contributed by atoms with E-state index in [4.69, 9.17) is 9.57 Å². The number of carboxylic acids is 1. The lowest BCUT2D eigenvalue weighted by molar-refractivity contribution is -0.188. The van der Waals surface area contributed by atoms with E-state index in [0.717, 1.165) is 41.8 Å². The van der Waals surface area contributed by atoms with Gasteiger partial charge in [-0.25, -0.2) is 5.06 Å². The van der Waals surface area contributed by atoms with Crippen molar-refractivity contribution >= 4 is 11.9 Å². The molecular formula is C28H37N3O5. The minimum absolute atomic E-state index is 0.125. The van der Waals surface area contributed by atoms with Crippen LogP contribution in [-0.4, -0.2) is 70.8 Å². The van der Waals surface area contributed by atoms with E-state index in [1.807, 2.05) is 44.2 Å². The fourth-order valence-electron chi connectivity index (χ4n) is 5.39. The maximum Gasteiger partial charge on any atom is 0.308 e. The Labute approximate surface area is 213 Å². The zero-order valence-corrected chi connectivity index (χ0v) is 21.3. The molecule has 194 valence electrons. The van der Waals surface area contributed by atoms with Gasteiger partial charge in [0, 0.05) is 43.4 Å². The van der Waals surface area contributed by atoms with E-state index >= 15 is 0 Å². The Bertz CT molecular complexity index is 1030. The molecule has 36 heavy (non-hydrogen) atoms. The first-order valence-electron chi connectivity index (χ1n) is 13.1. The van der Waals surface area contributed by atoms with Gasteiger partial charge in [-0.1, -0.05) is 32.0 Å². The van der Waals surface area contributed by atoms with Gasteiger partial charge in [0.15, 0.2) is 0 Å². The van der Waals surface area contributed by atoms with Crippen LogP contribution in [0.3, 0.4) is 0 Å². The molecule has 0 aliphatic carbocycles. The number of hydrogen-bond donors (Lipinski definition) is 1. The molecule has 1 aromatic carbocycles. The third-order valence-electron chi connectivity index (χ3n) is 7.09. The summed E-state index contributed by atoms with van der Waals surface area (Å²) in [6.45, 7) is 6.30. The first-order chi connectivity index (χ1) is 17.5. The highest BCUT2D eigenvalue weighted by Gasteiger charge is 2.47. The van der Waals surface area contributed by atoms with Gasteiger partial charge in [0.2, 0.25) is 0 Å². The van der Waals surface area contributed by atoms with Crippen LogP contribution in [0.5, 0.6) is 5.75 Å². The Morgan fingerprint density at radius 1 is 1.22 bits per heavy atom. The molecule has 2 aliphatic rings. The number of ether oxygens (including phenoxy) is 1. The van der Waals surface area contributed by atoms with Crippen LogP contribution in [0.1, 0.15) is 55.8 Å². The molecule has 0 radical (unpaired) electrons. The molecule has 3 heterocycles. The predicted octanol–water partition coefficient (Wildman–Crippen LogP) is 3.70. The number of benzene rings is 1. The summed E-state index contributed by atoms with van der Waals surface area (Å²) in [5.41, 5.74) is 3.04. The molecule has 1 amide bonds. The zero-order chi connectivity index (χ0) is 25.5. The highest BCUT2D eigenvalue weighted by Crippen LogP contribution is 2.41. The average Bonchev–Trinajstić information content (AvgIpc) is 3.50. The number of rotatable bonds is 12. The average molecular weight is 496 g/mol. The van der Waals surface area contributed by atoms with Gasteiger partial charge in [-0.15, -0.1) is 0 Å². The fraction of sp³-hybridized carbons (Fsp3) is 0.536. The summed E-state index contributed by atoms with van der Waals surface area (Å²) in [5.74, 6) is -0.916. The molecule has 0 saturated carbocycles. The summed E-state index contributed by atoms with van der Waals surface area (Å²) in [5, 5.41) is 11.8. The molecular weight excluding hydrogens is 458 g/mol. The van der Waals surface area contributed by atoms with E-state index in [2.05, 4.69) is 16.0 Å². The van der Waals surface area contributed by atoms with E-state index in [-0.39, 0.29) is 24.4 Å². The van der Waals surface area contributed by atoms with Crippen LogP contribution >= 0.6 is 0 Å². The van der Waals surface area contributed by atoms with Crippen molar-refractivity contribution < 1.29 is 24.3 Å². The number of hydroxylamine groups is 2. The quantitative estimate of drug-likeness (QED) is 0.449. The highest BCUT2D eigenvalue weighted by molar-refractivity contribution is 5.78. The third kappa shape index (κ3) is 6.05. The highest BCUT2D eigenvalue weighted by atomic mass is 16.7. The molecule has 1 aromatic heterocycles. The van der Waals surface area contributed by atoms with Crippen LogP contribution in [0.15, 0.2) is 42.6 Å². The monoisotopic (exact) mass is 495 g/mol. The summed E-state index contributed by atoms with van der Waals surface area (Å²) in [6, 6.07) is 11.5. The second-order valence-corrected chi connectivity index (χ2v) is 9.62. The van der Waals surface area contributed by atoms with Gasteiger partial charge >= 0.3 is 5.97 Å². The van der Waals surface area contributed by atoms with Gasteiger partial charge in [0.1, 0.15) is 5.75 Å². The Kier molecular flexibility index (Phi) is 8.93. The van der Waals surface area contributed by atoms with Crippen molar-refractivity contribution in [2.24, 2.45) is 5.92 Å². The maximum absolute atomic E-state index is 13.3. The molecule has 2 aliphatic heterocycles. The Morgan fingerprint density at radius 2 is 2.08 bits per heavy atom. The molecule has 0 bridgehead atoms. The Balaban J connectivity index is 1.59. The van der Waals surface area contributed by atoms with Gasteiger partial charge in [-0.2, -0.15) is 0 Å². The number of nitrogens with zero attached hydrogens (tertiary/aromatic N) is 3. The Morgan fingerprint density at radius 3 is 2.81 bits per heavy atom. The first kappa shape index (κ1) is 26.1. The van der Waals surface area contributed by atoms with Gasteiger partial charge in [-0.05, 0) is 55.0 Å². The van der Waals surface area contributed by atoms with E-state index in [1.54, 1.807) is 6.20 Å². The van der Waals surface area contributed by atoms with Crippen LogP contribution < -0.4 is 4.74 Å². The van der Waals surface area contributed by atoms with Crippen molar-refractivity contribution in [1.29, 1.82) is 0 Å². The smallest absolute Gasteiger partial charge is 0.308 e. The number of hydrogen-bond acceptors (Lipinski definition) is 6. The van der Waals surface area contributed by atoms with Crippen LogP contribution in [0.4, 0.5) is 0 Å². The first-order valence-corrected chi connectivity index (χ1v) is 13.1. The summed E-state index contributed by atoms with van der Waals surface area (Å²) < 4.78 is 5.66. The molecule has 8 heteroatoms. The lowest BCUT2D eigenvalue weighted by atomic mass is 9.83. The summed E-state index contributed by atoms with van der Waals surface area (Å²) in [6.07, 6.45) is 5.44. The number of carbonyl (C=O) groups excluding carboxylic acids is 1. The van der Waals surface area contributed by atoms with Gasteiger partial charge in [0.25, 0.3) is 5.91 Å². The summed E-state index contributed by atoms with van der Waals surface area (Å²) in [7, 11) is 0. The van der Waals surface area contributed by atoms with Gasteiger partial charge in [0.05, 0.1) is 25.7 Å². The largest absolute Gasteiger partial charge is 0.493 e. The second kappa shape index (κ2) is 12.3. The van der Waals surface area contributed by atoms with Crippen molar-refractivity contribution in [3.8, 4) is 5.75 Å². The van der Waals surface area contributed by atoms with Crippen LogP contribution in [0.2, 0.25) is 0 Å². The number of pyridine rings is 1. The van der Waals surface area contributed by atoms with Crippen molar-refractivity contribution in [3.05, 3.63) is 59.4 Å². The number of carbonyl (C=O) groups is 2. The van der Waals surface area contributed by atoms with Crippen molar-refractivity contribution in [2.75, 3.05) is 32.8 Å². The Hall–Kier alpha value is -2.97. The number of carboxylic acid groups (broad SMARTS) is 1. The van der Waals surface area contributed by atoms with Crippen molar-refractivity contribution in [3.63, 3.8) is 0 Å². The van der Waals surface area contributed by atoms with Gasteiger partial charge in [-0.3, -0.25) is 24.3 Å². The summed E-state index contributed by atoms with van der Waals surface area (Å²) >= 11 is 0. The number of aryl methyl sites for hydroxylation is 1. The van der Waals surface area contributed by atoms with E-state index in [1.165, 1.54) is 5.06 Å². The normalized spacial score (nSPS) is 21.2. The predicted molar refractivity (Wildman–Crippen MR) is 136 cm³/mol. The lowest BCUT2D eigenvalue weighted by Gasteiger charge is -2.29. The fourth-order valence-corrected chi connectivity index (χ4v) is 5.39. The molecule has 0 unspecified atom stereocenters. The molecule has 8 nitrogen and oxygen atoms in total. The van der Waals surface area contributed by atoms with Crippen molar-refractivity contribution in [2.45, 2.75) is 57.9 Å². The lowest BCUT2D eigenvalue weighted by Crippen LogP contribution is -2.44. The van der Waals surface area contributed by atoms with Crippen LogP contribution in [-0.2, 0) is 27.3 Å². The van der Waals surface area contributed by atoms with E-state index < -0.39 is 11.9 Å². The standard InChI is InChI=1S/C28H37N3O5/c1-3-14-31(36-15-4-2)26(32)19-30-18-23(20-8-11-25-21(17-20)12-16-35-25)27(28(33)34)24(30)10-9-22-7-5-6-13-29-22/h5-8,11,13,17,23-24,27H,3-4,9-10,12,14-16,18-19H2,1-2H3,(H,33,34)/t23-,24+,27-/m1/s1. The molecule has 0 spiro atoms. The summed E-state index contributed by atoms with van der Waals surface area (Å²) in [4.78, 5) is 38.1. The molecule has 2 aromatic rings. The SMILES string of the molecule is CCCON(CCC)C(=O)CN1C[C@H](c2ccc3c(c2)CCO3)[C@@H](C(=O)O)[C@@H]1CCc1ccccn1. The van der Waals surface area contributed by atoms with Gasteiger partial charge < -0.3 is 9.84 Å². The minimum atomic E-state index is -0.828. The van der Waals surface area contributed by atoms with Crippen LogP contribution in [0, 0.1) is 5.92 Å². The van der Waals surface area contributed by atoms with Crippen molar-refractivity contribution in [1.82, 2.24) is 14.9 Å². The second-order valence-electron chi connectivity index (χ2n) is 9.62. The minimum Gasteiger partial charge on any atom is -0.493 e. The number of amides is 1. The van der Waals surface area contributed by atoms with E-state index in [0.29, 0.717) is 39.1 Å². The number of aromatic nitrogens is 1. The molecule has 4 rings (SSSR count). The number of likely N-dealkylation sites (tertiary alicyclic amines) is 1. The zero-order valence-electron chi connectivity index (χ0n) is 21.3. The number of fused-ring (bicyclic) bond motifs is 1. The molecule has 1 N–H and O–H groups in total. The third-order valence-corrected chi connectivity index (χ3v) is 7.09. The van der Waals surface area contributed by atoms with Crippen LogP contribution in [0.25, 0.3) is 0 Å². The molecule has 1 fully saturated rings. The number of aliphatic carboxylic acids is 1. The van der Waals surface area contributed by atoms with E-state index in [9.17, 15) is 14.7 Å². The molecule has 3 atom stereocenters.